The van der Waals surface area contributed by atoms with E-state index in [1.807, 2.05) is 0 Å². The van der Waals surface area contributed by atoms with Crippen molar-refractivity contribution in [2.45, 2.75) is 32.4 Å². The van der Waals surface area contributed by atoms with Crippen molar-refractivity contribution in [1.82, 2.24) is 14.7 Å². The van der Waals surface area contributed by atoms with E-state index >= 15 is 0 Å². The van der Waals surface area contributed by atoms with Crippen molar-refractivity contribution in [3.8, 4) is 0 Å². The van der Waals surface area contributed by atoms with Crippen LogP contribution < -0.4 is 0 Å². The van der Waals surface area contributed by atoms with Gasteiger partial charge >= 0.3 is 0 Å². The molecule has 0 spiro atoms. The maximum absolute atomic E-state index is 2.65. The Hall–Kier alpha value is -0.120. The second-order valence-electron chi connectivity index (χ2n) is 5.57. The summed E-state index contributed by atoms with van der Waals surface area (Å²) in [5.41, 5.74) is 0. The molecule has 2 rings (SSSR count). The summed E-state index contributed by atoms with van der Waals surface area (Å²) in [6, 6.07) is 1.44. The van der Waals surface area contributed by atoms with Crippen LogP contribution in [0.3, 0.4) is 0 Å². The molecule has 0 aromatic carbocycles. The molecule has 2 saturated heterocycles. The van der Waals surface area contributed by atoms with Gasteiger partial charge in [0.25, 0.3) is 0 Å². The van der Waals surface area contributed by atoms with Crippen LogP contribution >= 0.6 is 0 Å². The zero-order chi connectivity index (χ0) is 11.0. The number of likely N-dealkylation sites (tertiary alicyclic amines) is 1. The van der Waals surface area contributed by atoms with Crippen LogP contribution in [0, 0.1) is 5.92 Å². The minimum Gasteiger partial charge on any atom is -0.306 e. The lowest BCUT2D eigenvalue weighted by atomic mass is 10.1. The van der Waals surface area contributed by atoms with Gasteiger partial charge in [0.05, 0.1) is 6.67 Å². The summed E-state index contributed by atoms with van der Waals surface area (Å²) < 4.78 is 0. The summed E-state index contributed by atoms with van der Waals surface area (Å²) in [5, 5.41) is 0. The fourth-order valence-electron chi connectivity index (χ4n) is 2.95. The summed E-state index contributed by atoms with van der Waals surface area (Å²) >= 11 is 0. The molecular formula is C12H25N3. The Morgan fingerprint density at radius 3 is 2.33 bits per heavy atom. The number of nitrogens with zero attached hydrogens (tertiary/aromatic N) is 3. The van der Waals surface area contributed by atoms with Gasteiger partial charge in [0.1, 0.15) is 0 Å². The van der Waals surface area contributed by atoms with Crippen molar-refractivity contribution in [2.75, 3.05) is 40.4 Å². The van der Waals surface area contributed by atoms with E-state index in [1.165, 1.54) is 26.1 Å². The lowest BCUT2D eigenvalue weighted by Crippen LogP contribution is -2.35. The molecule has 3 heteroatoms. The Kier molecular flexibility index (Phi) is 3.33. The molecule has 15 heavy (non-hydrogen) atoms. The third kappa shape index (κ3) is 2.35. The molecule has 2 fully saturated rings. The van der Waals surface area contributed by atoms with Crippen molar-refractivity contribution in [3.05, 3.63) is 0 Å². The largest absolute Gasteiger partial charge is 0.306 e. The SMILES string of the molecule is CC1C(C)N(CC2CCN(C)C2)CN1C. The molecule has 0 aromatic rings. The monoisotopic (exact) mass is 211 g/mol. The van der Waals surface area contributed by atoms with Crippen molar-refractivity contribution in [2.24, 2.45) is 5.92 Å². The van der Waals surface area contributed by atoms with Gasteiger partial charge in [-0.25, -0.2) is 0 Å². The number of rotatable bonds is 2. The molecule has 0 N–H and O–H groups in total. The van der Waals surface area contributed by atoms with E-state index in [1.54, 1.807) is 0 Å². The maximum Gasteiger partial charge on any atom is 0.0509 e. The average molecular weight is 211 g/mol. The standard InChI is InChI=1S/C12H25N3/c1-10-11(2)15(9-14(10)4)8-12-5-6-13(3)7-12/h10-12H,5-9H2,1-4H3. The van der Waals surface area contributed by atoms with E-state index in [0.29, 0.717) is 6.04 Å². The van der Waals surface area contributed by atoms with Gasteiger partial charge in [-0.15, -0.1) is 0 Å². The van der Waals surface area contributed by atoms with Gasteiger partial charge in [-0.05, 0) is 46.8 Å². The number of hydrogen-bond donors (Lipinski definition) is 0. The van der Waals surface area contributed by atoms with Gasteiger partial charge in [0.2, 0.25) is 0 Å². The van der Waals surface area contributed by atoms with Crippen LogP contribution in [0.1, 0.15) is 20.3 Å². The minimum absolute atomic E-state index is 0.712. The second kappa shape index (κ2) is 4.40. The quantitative estimate of drug-likeness (QED) is 0.672. The van der Waals surface area contributed by atoms with Crippen LogP contribution in [-0.2, 0) is 0 Å². The summed E-state index contributed by atoms with van der Waals surface area (Å²) in [7, 11) is 4.48. The van der Waals surface area contributed by atoms with Gasteiger partial charge in [-0.2, -0.15) is 0 Å². The Bertz CT molecular complexity index is 219. The second-order valence-corrected chi connectivity index (χ2v) is 5.57. The van der Waals surface area contributed by atoms with Crippen molar-refractivity contribution >= 4 is 0 Å². The molecule has 0 bridgehead atoms. The molecule has 2 aliphatic heterocycles. The Balaban J connectivity index is 1.85. The molecule has 0 amide bonds. The highest BCUT2D eigenvalue weighted by atomic mass is 15.4. The average Bonchev–Trinajstić information content (AvgIpc) is 2.68. The molecule has 2 heterocycles. The van der Waals surface area contributed by atoms with Gasteiger partial charge in [0, 0.05) is 25.2 Å². The van der Waals surface area contributed by atoms with E-state index in [2.05, 4.69) is 42.6 Å². The number of likely N-dealkylation sites (N-methyl/N-ethyl adjacent to an activating group) is 1. The Morgan fingerprint density at radius 1 is 1.13 bits per heavy atom. The lowest BCUT2D eigenvalue weighted by Gasteiger charge is -2.24. The van der Waals surface area contributed by atoms with Crippen molar-refractivity contribution in [1.29, 1.82) is 0 Å². The number of hydrogen-bond acceptors (Lipinski definition) is 3. The van der Waals surface area contributed by atoms with E-state index in [-0.39, 0.29) is 0 Å². The fourth-order valence-corrected chi connectivity index (χ4v) is 2.95. The lowest BCUT2D eigenvalue weighted by molar-refractivity contribution is 0.207. The first-order valence-electron chi connectivity index (χ1n) is 6.20. The first-order valence-corrected chi connectivity index (χ1v) is 6.20. The highest BCUT2D eigenvalue weighted by molar-refractivity contribution is 4.88. The summed E-state index contributed by atoms with van der Waals surface area (Å²) in [6.45, 7) is 9.74. The summed E-state index contributed by atoms with van der Waals surface area (Å²) in [6.07, 6.45) is 1.39. The van der Waals surface area contributed by atoms with Gasteiger partial charge in [-0.1, -0.05) is 0 Å². The smallest absolute Gasteiger partial charge is 0.0509 e. The van der Waals surface area contributed by atoms with E-state index in [9.17, 15) is 0 Å². The molecule has 0 saturated carbocycles. The molecule has 3 atom stereocenters. The summed E-state index contributed by atoms with van der Waals surface area (Å²) in [4.78, 5) is 7.57. The molecule has 3 unspecified atom stereocenters. The highest BCUT2D eigenvalue weighted by Crippen LogP contribution is 2.23. The van der Waals surface area contributed by atoms with Crippen LogP contribution in [0.15, 0.2) is 0 Å². The highest BCUT2D eigenvalue weighted by Gasteiger charge is 2.33. The van der Waals surface area contributed by atoms with Gasteiger partial charge in [-0.3, -0.25) is 9.80 Å². The zero-order valence-corrected chi connectivity index (χ0v) is 10.6. The predicted octanol–water partition coefficient (Wildman–Crippen LogP) is 0.920. The van der Waals surface area contributed by atoms with Crippen molar-refractivity contribution in [3.63, 3.8) is 0 Å². The maximum atomic E-state index is 2.65. The minimum atomic E-state index is 0.712. The van der Waals surface area contributed by atoms with E-state index < -0.39 is 0 Å². The van der Waals surface area contributed by atoms with Crippen LogP contribution in [-0.4, -0.2) is 67.2 Å². The first kappa shape index (κ1) is 11.4. The van der Waals surface area contributed by atoms with Gasteiger partial charge < -0.3 is 4.90 Å². The van der Waals surface area contributed by atoms with Crippen LogP contribution in [0.5, 0.6) is 0 Å². The fraction of sp³-hybridized carbons (Fsp3) is 1.00. The molecule has 3 nitrogen and oxygen atoms in total. The molecule has 88 valence electrons. The predicted molar refractivity (Wildman–Crippen MR) is 63.9 cm³/mol. The Labute approximate surface area is 94.0 Å². The normalized spacial score (nSPS) is 40.4. The topological polar surface area (TPSA) is 9.72 Å². The van der Waals surface area contributed by atoms with Crippen molar-refractivity contribution < 1.29 is 0 Å². The Morgan fingerprint density at radius 2 is 1.87 bits per heavy atom. The molecular weight excluding hydrogens is 186 g/mol. The molecule has 0 aromatic heterocycles. The van der Waals surface area contributed by atoms with Crippen LogP contribution in [0.25, 0.3) is 0 Å². The molecule has 0 radical (unpaired) electrons. The molecule has 2 aliphatic rings. The van der Waals surface area contributed by atoms with Crippen LogP contribution in [0.4, 0.5) is 0 Å². The van der Waals surface area contributed by atoms with E-state index in [0.717, 1.165) is 18.6 Å². The molecule has 0 aliphatic carbocycles. The third-order valence-corrected chi connectivity index (χ3v) is 4.36. The first-order chi connectivity index (χ1) is 7.08. The summed E-state index contributed by atoms with van der Waals surface area (Å²) in [5.74, 6) is 0.899. The zero-order valence-electron chi connectivity index (χ0n) is 10.6. The van der Waals surface area contributed by atoms with Crippen LogP contribution in [0.2, 0.25) is 0 Å². The van der Waals surface area contributed by atoms with E-state index in [4.69, 9.17) is 0 Å². The van der Waals surface area contributed by atoms with Gasteiger partial charge in [0.15, 0.2) is 0 Å². The third-order valence-electron chi connectivity index (χ3n) is 4.36.